The number of hydrogen-bond acceptors (Lipinski definition) is 0. The molecule has 0 saturated carbocycles. The van der Waals surface area contributed by atoms with Gasteiger partial charge in [0.2, 0.25) is 0 Å². The normalized spacial score (nSPS) is 11.5. The highest BCUT2D eigenvalue weighted by molar-refractivity contribution is 5.82. The fourth-order valence-electron chi connectivity index (χ4n) is 1.43. The molecule has 0 aliphatic heterocycles. The predicted octanol–water partition coefficient (Wildman–Crippen LogP) is 3.59. The molecule has 0 unspecified atom stereocenters. The molecule has 0 radical (unpaired) electrons. The summed E-state index contributed by atoms with van der Waals surface area (Å²) in [5.41, 5.74) is 2.39. The molecule has 1 nitrogen and oxygen atoms in total. The third kappa shape index (κ3) is 1.64. The Hall–Kier alpha value is -1.50. The van der Waals surface area contributed by atoms with E-state index >= 15 is 0 Å². The molecule has 1 heteroatoms. The van der Waals surface area contributed by atoms with E-state index in [-0.39, 0.29) is 0 Å². The summed E-state index contributed by atoms with van der Waals surface area (Å²) in [6, 6.07) is 10.5. The van der Waals surface area contributed by atoms with Gasteiger partial charge in [-0.05, 0) is 30.0 Å². The van der Waals surface area contributed by atoms with Gasteiger partial charge < -0.3 is 4.98 Å². The number of nitrogens with one attached hydrogen (secondary N) is 1. The molecule has 13 heavy (non-hydrogen) atoms. The van der Waals surface area contributed by atoms with Crippen molar-refractivity contribution in [3.63, 3.8) is 0 Å². The topological polar surface area (TPSA) is 15.8 Å². The standard InChI is InChI=1S/C12H13N/c1-2-3-7-11-9-10-6-4-5-8-12(10)13-11/h3-9,13H,2H2,1H3. The zero-order chi connectivity index (χ0) is 9.10. The van der Waals surface area contributed by atoms with Crippen molar-refractivity contribution in [2.75, 3.05) is 0 Å². The van der Waals surface area contributed by atoms with Crippen molar-refractivity contribution in [3.8, 4) is 0 Å². The lowest BCUT2D eigenvalue weighted by molar-refractivity contribution is 1.23. The zero-order valence-corrected chi connectivity index (χ0v) is 7.75. The summed E-state index contributed by atoms with van der Waals surface area (Å²) in [5.74, 6) is 0. The monoisotopic (exact) mass is 171 g/mol. The third-order valence-electron chi connectivity index (χ3n) is 2.08. The van der Waals surface area contributed by atoms with E-state index < -0.39 is 0 Å². The van der Waals surface area contributed by atoms with Gasteiger partial charge in [0.05, 0.1) is 0 Å². The van der Waals surface area contributed by atoms with Crippen molar-refractivity contribution in [2.45, 2.75) is 13.3 Å². The summed E-state index contributed by atoms with van der Waals surface area (Å²) in [6.07, 6.45) is 5.36. The molecule has 2 rings (SSSR count). The number of aromatic amines is 1. The van der Waals surface area contributed by atoms with Crippen LogP contribution in [-0.2, 0) is 0 Å². The lowest BCUT2D eigenvalue weighted by atomic mass is 10.2. The van der Waals surface area contributed by atoms with Crippen LogP contribution in [0.15, 0.2) is 36.4 Å². The lowest BCUT2D eigenvalue weighted by Crippen LogP contribution is -1.67. The van der Waals surface area contributed by atoms with Crippen molar-refractivity contribution >= 4 is 17.0 Å². The third-order valence-corrected chi connectivity index (χ3v) is 2.08. The molecule has 0 amide bonds. The van der Waals surface area contributed by atoms with Gasteiger partial charge in [0, 0.05) is 11.2 Å². The van der Waals surface area contributed by atoms with Gasteiger partial charge in [-0.3, -0.25) is 0 Å². The minimum absolute atomic E-state index is 1.08. The van der Waals surface area contributed by atoms with Crippen molar-refractivity contribution in [1.82, 2.24) is 4.98 Å². The highest BCUT2D eigenvalue weighted by atomic mass is 14.7. The second-order valence-corrected chi connectivity index (χ2v) is 3.12. The van der Waals surface area contributed by atoms with Crippen molar-refractivity contribution in [1.29, 1.82) is 0 Å². The van der Waals surface area contributed by atoms with Crippen LogP contribution < -0.4 is 0 Å². The van der Waals surface area contributed by atoms with Crippen LogP contribution in [0.25, 0.3) is 17.0 Å². The predicted molar refractivity (Wildman–Crippen MR) is 57.6 cm³/mol. The molecule has 0 spiro atoms. The van der Waals surface area contributed by atoms with Crippen LogP contribution in [0.2, 0.25) is 0 Å². The van der Waals surface area contributed by atoms with Gasteiger partial charge in [-0.2, -0.15) is 0 Å². The van der Waals surface area contributed by atoms with Gasteiger partial charge in [-0.15, -0.1) is 0 Å². The number of rotatable bonds is 2. The Morgan fingerprint density at radius 1 is 1.31 bits per heavy atom. The van der Waals surface area contributed by atoms with Crippen LogP contribution in [0, 0.1) is 0 Å². The number of benzene rings is 1. The molecule has 0 aliphatic carbocycles. The van der Waals surface area contributed by atoms with Crippen LogP contribution in [0.3, 0.4) is 0 Å². The Bertz CT molecular complexity index is 390. The van der Waals surface area contributed by atoms with Gasteiger partial charge in [0.1, 0.15) is 0 Å². The molecule has 0 bridgehead atoms. The fourth-order valence-corrected chi connectivity index (χ4v) is 1.43. The summed E-state index contributed by atoms with van der Waals surface area (Å²) >= 11 is 0. The largest absolute Gasteiger partial charge is 0.355 e. The van der Waals surface area contributed by atoms with E-state index in [2.05, 4.69) is 48.3 Å². The van der Waals surface area contributed by atoms with Crippen molar-refractivity contribution in [2.24, 2.45) is 0 Å². The highest BCUT2D eigenvalue weighted by Gasteiger charge is 1.94. The van der Waals surface area contributed by atoms with Crippen LogP contribution in [0.1, 0.15) is 19.0 Å². The van der Waals surface area contributed by atoms with Crippen LogP contribution in [0.5, 0.6) is 0 Å². The lowest BCUT2D eigenvalue weighted by Gasteiger charge is -1.84. The number of para-hydroxylation sites is 1. The first kappa shape index (κ1) is 8.11. The zero-order valence-electron chi connectivity index (χ0n) is 7.75. The molecule has 1 heterocycles. The molecule has 2 aromatic rings. The maximum Gasteiger partial charge on any atom is 0.0458 e. The molecular formula is C12H13N. The average Bonchev–Trinajstić information content (AvgIpc) is 2.57. The smallest absolute Gasteiger partial charge is 0.0458 e. The Balaban J connectivity index is 2.44. The number of aromatic nitrogens is 1. The minimum atomic E-state index is 1.08. The van der Waals surface area contributed by atoms with Gasteiger partial charge in [0.15, 0.2) is 0 Å². The summed E-state index contributed by atoms with van der Waals surface area (Å²) in [6.45, 7) is 2.14. The van der Waals surface area contributed by atoms with Crippen LogP contribution >= 0.6 is 0 Å². The number of fused-ring (bicyclic) bond motifs is 1. The quantitative estimate of drug-likeness (QED) is 0.710. The second-order valence-electron chi connectivity index (χ2n) is 3.12. The maximum atomic E-state index is 3.34. The Morgan fingerprint density at radius 3 is 2.92 bits per heavy atom. The van der Waals surface area contributed by atoms with E-state index in [1.807, 2.05) is 6.07 Å². The number of allylic oxidation sites excluding steroid dienone is 1. The summed E-state index contributed by atoms with van der Waals surface area (Å²) in [4.78, 5) is 3.34. The van der Waals surface area contributed by atoms with E-state index in [1.54, 1.807) is 0 Å². The molecule has 1 N–H and O–H groups in total. The Morgan fingerprint density at radius 2 is 2.15 bits per heavy atom. The first-order valence-corrected chi connectivity index (χ1v) is 4.64. The van der Waals surface area contributed by atoms with E-state index in [9.17, 15) is 0 Å². The molecular weight excluding hydrogens is 158 g/mol. The summed E-state index contributed by atoms with van der Waals surface area (Å²) in [5, 5.41) is 1.28. The van der Waals surface area contributed by atoms with Crippen molar-refractivity contribution in [3.05, 3.63) is 42.1 Å². The summed E-state index contributed by atoms with van der Waals surface area (Å²) in [7, 11) is 0. The molecule has 0 aliphatic rings. The van der Waals surface area contributed by atoms with Crippen LogP contribution in [-0.4, -0.2) is 4.98 Å². The van der Waals surface area contributed by atoms with Crippen LogP contribution in [0.4, 0.5) is 0 Å². The van der Waals surface area contributed by atoms with E-state index in [0.717, 1.165) is 6.42 Å². The second kappa shape index (κ2) is 3.48. The molecule has 0 atom stereocenters. The molecule has 1 aromatic carbocycles. The Kier molecular flexibility index (Phi) is 2.17. The molecule has 0 fully saturated rings. The van der Waals surface area contributed by atoms with E-state index in [1.165, 1.54) is 16.6 Å². The van der Waals surface area contributed by atoms with E-state index in [0.29, 0.717) is 0 Å². The number of H-pyrrole nitrogens is 1. The maximum absolute atomic E-state index is 3.34. The highest BCUT2D eigenvalue weighted by Crippen LogP contribution is 2.15. The van der Waals surface area contributed by atoms with Crippen molar-refractivity contribution < 1.29 is 0 Å². The average molecular weight is 171 g/mol. The molecule has 0 saturated heterocycles. The number of hydrogen-bond donors (Lipinski definition) is 1. The first-order chi connectivity index (χ1) is 6.40. The van der Waals surface area contributed by atoms with Gasteiger partial charge in [0.25, 0.3) is 0 Å². The SMILES string of the molecule is CCC=Cc1cc2ccccc2[nH]1. The van der Waals surface area contributed by atoms with E-state index in [4.69, 9.17) is 0 Å². The van der Waals surface area contributed by atoms with Gasteiger partial charge in [-0.1, -0.05) is 31.2 Å². The summed E-state index contributed by atoms with van der Waals surface area (Å²) < 4.78 is 0. The minimum Gasteiger partial charge on any atom is -0.355 e. The fraction of sp³-hybridized carbons (Fsp3) is 0.167. The first-order valence-electron chi connectivity index (χ1n) is 4.64. The van der Waals surface area contributed by atoms with Gasteiger partial charge >= 0.3 is 0 Å². The molecule has 1 aromatic heterocycles. The molecule has 66 valence electrons. The van der Waals surface area contributed by atoms with Gasteiger partial charge in [-0.25, -0.2) is 0 Å². The Labute approximate surface area is 78.1 Å².